The second kappa shape index (κ2) is 14.1. The van der Waals surface area contributed by atoms with Crippen molar-refractivity contribution in [1.29, 1.82) is 0 Å². The third kappa shape index (κ3) is 10.8. The lowest BCUT2D eigenvalue weighted by molar-refractivity contribution is -0.244. The molecular weight excluding hydrogens is 500 g/mol. The van der Waals surface area contributed by atoms with Gasteiger partial charge in [-0.05, 0) is 41.9 Å². The second-order valence-corrected chi connectivity index (χ2v) is 14.1. The molecule has 222 valence electrons. The predicted octanol–water partition coefficient (Wildman–Crippen LogP) is 5.41. The van der Waals surface area contributed by atoms with Crippen molar-refractivity contribution in [2.45, 2.75) is 101 Å². The Morgan fingerprint density at radius 1 is 0.795 bits per heavy atom. The van der Waals surface area contributed by atoms with Crippen molar-refractivity contribution in [2.75, 3.05) is 26.2 Å². The summed E-state index contributed by atoms with van der Waals surface area (Å²) in [6.07, 6.45) is 3.71. The molecule has 2 amide bonds. The molecule has 2 N–H and O–H groups in total. The summed E-state index contributed by atoms with van der Waals surface area (Å²) in [5.74, 6) is 0.490. The summed E-state index contributed by atoms with van der Waals surface area (Å²) in [5.41, 5.74) is -1.41. The highest BCUT2D eigenvalue weighted by Crippen LogP contribution is 2.57. The first-order chi connectivity index (χ1) is 17.9. The van der Waals surface area contributed by atoms with Gasteiger partial charge in [-0.25, -0.2) is 29.2 Å². The molecular formula is C29H50N4O6. The smallest absolute Gasteiger partial charge is 0.407 e. The van der Waals surface area contributed by atoms with E-state index in [0.717, 1.165) is 19.3 Å². The summed E-state index contributed by atoms with van der Waals surface area (Å²) < 4.78 is 11.6. The molecule has 0 spiro atoms. The topological polar surface area (TPSA) is 136 Å². The summed E-state index contributed by atoms with van der Waals surface area (Å²) in [5, 5.41) is 5.68. The van der Waals surface area contributed by atoms with Gasteiger partial charge in [0, 0.05) is 23.9 Å². The Balaban J connectivity index is 2.53. The number of amides is 2. The number of hydrogen-bond acceptors (Lipinski definition) is 8. The molecule has 1 fully saturated rings. The Kier molecular flexibility index (Phi) is 12.4. The van der Waals surface area contributed by atoms with E-state index >= 15 is 0 Å². The molecule has 0 aliphatic heterocycles. The highest BCUT2D eigenvalue weighted by molar-refractivity contribution is 5.69. The van der Waals surface area contributed by atoms with Crippen LogP contribution in [0.15, 0.2) is 9.98 Å². The highest BCUT2D eigenvalue weighted by atomic mass is 16.6. The van der Waals surface area contributed by atoms with Crippen LogP contribution in [0.2, 0.25) is 0 Å². The molecule has 0 saturated heterocycles. The minimum Gasteiger partial charge on any atom is -0.445 e. The average Bonchev–Trinajstić information content (AvgIpc) is 2.81. The van der Waals surface area contributed by atoms with Gasteiger partial charge in [0.25, 0.3) is 0 Å². The molecule has 0 bridgehead atoms. The van der Waals surface area contributed by atoms with E-state index in [1.165, 1.54) is 0 Å². The molecule has 0 heterocycles. The van der Waals surface area contributed by atoms with Crippen LogP contribution in [-0.4, -0.2) is 62.7 Å². The fraction of sp³-hybridized carbons (Fsp3) is 0.862. The number of carbonyl (C=O) groups excluding carboxylic acids is 4. The molecule has 0 aromatic rings. The van der Waals surface area contributed by atoms with E-state index < -0.39 is 35.2 Å². The Hall–Kier alpha value is -2.70. The van der Waals surface area contributed by atoms with E-state index in [2.05, 4.69) is 41.4 Å². The van der Waals surface area contributed by atoms with Gasteiger partial charge in [0.2, 0.25) is 12.2 Å². The van der Waals surface area contributed by atoms with Gasteiger partial charge in [-0.15, -0.1) is 0 Å². The first-order valence-corrected chi connectivity index (χ1v) is 13.8. The summed E-state index contributed by atoms with van der Waals surface area (Å²) in [6, 6.07) is 0. The summed E-state index contributed by atoms with van der Waals surface area (Å²) in [7, 11) is 0. The molecule has 1 rings (SSSR count). The zero-order valence-electron chi connectivity index (χ0n) is 25.6. The zero-order valence-corrected chi connectivity index (χ0v) is 25.6. The molecule has 0 aromatic heterocycles. The molecule has 1 aliphatic rings. The van der Waals surface area contributed by atoms with Crippen molar-refractivity contribution >= 4 is 24.3 Å². The third-order valence-corrected chi connectivity index (χ3v) is 7.60. The Morgan fingerprint density at radius 3 is 1.64 bits per heavy atom. The van der Waals surface area contributed by atoms with Gasteiger partial charge < -0.3 is 20.1 Å². The summed E-state index contributed by atoms with van der Waals surface area (Å²) in [4.78, 5) is 53.4. The van der Waals surface area contributed by atoms with Crippen LogP contribution in [0.25, 0.3) is 0 Å². The summed E-state index contributed by atoms with van der Waals surface area (Å²) in [6.45, 7) is 21.7. The number of isocyanates is 2. The van der Waals surface area contributed by atoms with Gasteiger partial charge >= 0.3 is 12.2 Å². The lowest BCUT2D eigenvalue weighted by Gasteiger charge is -2.61. The quantitative estimate of drug-likeness (QED) is 0.207. The third-order valence-electron chi connectivity index (χ3n) is 7.60. The molecule has 39 heavy (non-hydrogen) atoms. The zero-order chi connectivity index (χ0) is 30.1. The van der Waals surface area contributed by atoms with Crippen molar-refractivity contribution in [3.63, 3.8) is 0 Å². The van der Waals surface area contributed by atoms with Crippen LogP contribution in [0, 0.1) is 33.5 Å². The number of rotatable bonds is 15. The van der Waals surface area contributed by atoms with E-state index in [0.29, 0.717) is 32.1 Å². The minimum atomic E-state index is -0.560. The van der Waals surface area contributed by atoms with E-state index in [1.807, 2.05) is 48.5 Å². The van der Waals surface area contributed by atoms with Crippen LogP contribution in [0.4, 0.5) is 9.59 Å². The van der Waals surface area contributed by atoms with Crippen molar-refractivity contribution in [3.8, 4) is 0 Å². The molecule has 0 radical (unpaired) electrons. The lowest BCUT2D eigenvalue weighted by Crippen LogP contribution is -2.70. The fourth-order valence-electron chi connectivity index (χ4n) is 6.36. The van der Waals surface area contributed by atoms with Crippen molar-refractivity contribution in [2.24, 2.45) is 43.5 Å². The van der Waals surface area contributed by atoms with E-state index in [9.17, 15) is 19.2 Å². The summed E-state index contributed by atoms with van der Waals surface area (Å²) >= 11 is 0. The number of aliphatic imine (C=N–C) groups is 2. The predicted molar refractivity (Wildman–Crippen MR) is 150 cm³/mol. The van der Waals surface area contributed by atoms with Gasteiger partial charge in [0.1, 0.15) is 12.2 Å². The highest BCUT2D eigenvalue weighted by Gasteiger charge is 2.66. The Morgan fingerprint density at radius 2 is 1.21 bits per heavy atom. The van der Waals surface area contributed by atoms with Crippen LogP contribution >= 0.6 is 0 Å². The van der Waals surface area contributed by atoms with Gasteiger partial charge in [-0.2, -0.15) is 0 Å². The number of nitrogens with one attached hydrogen (secondary N) is 2. The maximum atomic E-state index is 12.6. The van der Waals surface area contributed by atoms with Gasteiger partial charge in [0.05, 0.1) is 13.1 Å². The van der Waals surface area contributed by atoms with E-state index in [1.54, 1.807) is 12.2 Å². The SMILES string of the molecule is CC(CCNC(=O)OC1C(C)(C)C(OC(=O)NCC(C)CC(C)(C)CN=C=O)C1(C)C)CC(C)(C)CN=C=O. The molecule has 2 atom stereocenters. The molecule has 1 saturated carbocycles. The van der Waals surface area contributed by atoms with Crippen molar-refractivity contribution in [3.05, 3.63) is 0 Å². The normalized spacial score (nSPS) is 21.2. The van der Waals surface area contributed by atoms with Gasteiger partial charge in [-0.3, -0.25) is 0 Å². The van der Waals surface area contributed by atoms with Crippen LogP contribution < -0.4 is 10.6 Å². The minimum absolute atomic E-state index is 0.112. The maximum absolute atomic E-state index is 12.6. The number of ether oxygens (including phenoxy) is 2. The largest absolute Gasteiger partial charge is 0.445 e. The number of alkyl carbamates (subject to hydrolysis) is 2. The Labute approximate surface area is 234 Å². The average molecular weight is 551 g/mol. The second-order valence-electron chi connectivity index (χ2n) is 14.1. The molecule has 0 aromatic carbocycles. The first kappa shape index (κ1) is 34.3. The fourth-order valence-corrected chi connectivity index (χ4v) is 6.36. The Bertz CT molecular complexity index is 916. The standard InChI is InChI=1S/C29H50N4O6/c1-20(13-26(3,4)16-30-18-34)11-12-32-24(36)38-22-28(7,8)23(29(22,9)10)39-25(37)33-15-21(2)14-27(5,6)17-31-19-35/h20-23H,11-17H2,1-10H3,(H,32,36)(H,33,37). The number of nitrogens with zero attached hydrogens (tertiary/aromatic N) is 2. The first-order valence-electron chi connectivity index (χ1n) is 13.8. The molecule has 10 nitrogen and oxygen atoms in total. The number of hydrogen-bond donors (Lipinski definition) is 2. The van der Waals surface area contributed by atoms with Crippen molar-refractivity contribution < 1.29 is 28.7 Å². The van der Waals surface area contributed by atoms with Gasteiger partial charge in [-0.1, -0.05) is 69.2 Å². The molecule has 10 heteroatoms. The van der Waals surface area contributed by atoms with E-state index in [4.69, 9.17) is 9.47 Å². The van der Waals surface area contributed by atoms with Crippen LogP contribution in [0.5, 0.6) is 0 Å². The van der Waals surface area contributed by atoms with Gasteiger partial charge in [0.15, 0.2) is 0 Å². The van der Waals surface area contributed by atoms with Crippen molar-refractivity contribution in [1.82, 2.24) is 10.6 Å². The maximum Gasteiger partial charge on any atom is 0.407 e. The van der Waals surface area contributed by atoms with Crippen LogP contribution in [-0.2, 0) is 19.1 Å². The monoisotopic (exact) mass is 550 g/mol. The molecule has 1 aliphatic carbocycles. The van der Waals surface area contributed by atoms with Crippen LogP contribution in [0.3, 0.4) is 0 Å². The lowest BCUT2D eigenvalue weighted by atomic mass is 9.51. The van der Waals surface area contributed by atoms with Crippen LogP contribution in [0.1, 0.15) is 88.5 Å². The van der Waals surface area contributed by atoms with E-state index in [-0.39, 0.29) is 16.7 Å². The molecule has 2 unspecified atom stereocenters. The number of carbonyl (C=O) groups is 2.